The summed E-state index contributed by atoms with van der Waals surface area (Å²) >= 11 is 12.1. The van der Waals surface area contributed by atoms with Gasteiger partial charge in [0.2, 0.25) is 5.90 Å². The van der Waals surface area contributed by atoms with Crippen molar-refractivity contribution in [2.24, 2.45) is 4.99 Å². The normalized spacial score (nSPS) is 14.2. The van der Waals surface area contributed by atoms with Crippen LogP contribution in [0.4, 0.5) is 5.69 Å². The third-order valence-electron chi connectivity index (χ3n) is 4.51. The predicted molar refractivity (Wildman–Crippen MR) is 121 cm³/mol. The van der Waals surface area contributed by atoms with E-state index in [9.17, 15) is 14.9 Å². The van der Waals surface area contributed by atoms with Gasteiger partial charge in [-0.1, -0.05) is 53.5 Å². The van der Waals surface area contributed by atoms with Gasteiger partial charge in [-0.25, -0.2) is 9.79 Å². The van der Waals surface area contributed by atoms with E-state index in [1.54, 1.807) is 30.3 Å². The summed E-state index contributed by atoms with van der Waals surface area (Å²) in [6, 6.07) is 18.3. The molecule has 0 fully saturated rings. The number of cyclic esters (lactones) is 1. The number of non-ortho nitro benzene ring substituents is 1. The minimum Gasteiger partial charge on any atom is -0.488 e. The highest BCUT2D eigenvalue weighted by molar-refractivity contribution is 6.34. The van der Waals surface area contributed by atoms with E-state index in [4.69, 9.17) is 32.7 Å². The molecule has 1 heterocycles. The summed E-state index contributed by atoms with van der Waals surface area (Å²) in [5.41, 5.74) is 1.67. The molecule has 0 aromatic heterocycles. The fourth-order valence-electron chi connectivity index (χ4n) is 2.98. The average molecular weight is 469 g/mol. The van der Waals surface area contributed by atoms with E-state index < -0.39 is 10.9 Å². The standard InChI is InChI=1S/C23H14Cl2N2O5/c24-16-6-3-4-14(10-16)13-31-21-7-2-1-5-15(21)11-20-23(28)32-22(26-20)18-9-8-17(27(29)30)12-19(18)25/h1-12H,13H2/b20-11-. The highest BCUT2D eigenvalue weighted by atomic mass is 35.5. The fourth-order valence-corrected chi connectivity index (χ4v) is 3.45. The number of nitrogens with zero attached hydrogens (tertiary/aromatic N) is 2. The summed E-state index contributed by atoms with van der Waals surface area (Å²) in [4.78, 5) is 26.9. The number of esters is 1. The van der Waals surface area contributed by atoms with Crippen molar-refractivity contribution in [2.75, 3.05) is 0 Å². The number of hydrogen-bond acceptors (Lipinski definition) is 6. The summed E-state index contributed by atoms with van der Waals surface area (Å²) in [5, 5.41) is 11.6. The molecule has 1 aliphatic rings. The molecule has 3 aromatic carbocycles. The van der Waals surface area contributed by atoms with Crippen LogP contribution >= 0.6 is 23.2 Å². The molecule has 0 radical (unpaired) electrons. The fraction of sp³-hybridized carbons (Fsp3) is 0.0435. The van der Waals surface area contributed by atoms with E-state index in [0.29, 0.717) is 16.3 Å². The van der Waals surface area contributed by atoms with Gasteiger partial charge in [-0.3, -0.25) is 10.1 Å². The van der Waals surface area contributed by atoms with Crippen molar-refractivity contribution in [1.29, 1.82) is 0 Å². The number of hydrogen-bond donors (Lipinski definition) is 0. The molecule has 0 bridgehead atoms. The third-order valence-corrected chi connectivity index (χ3v) is 5.06. The molecule has 9 heteroatoms. The van der Waals surface area contributed by atoms with Crippen molar-refractivity contribution < 1.29 is 19.2 Å². The van der Waals surface area contributed by atoms with Crippen molar-refractivity contribution in [2.45, 2.75) is 6.61 Å². The third kappa shape index (κ3) is 4.80. The van der Waals surface area contributed by atoms with Crippen molar-refractivity contribution in [3.8, 4) is 5.75 Å². The molecule has 7 nitrogen and oxygen atoms in total. The number of ether oxygens (including phenoxy) is 2. The van der Waals surface area contributed by atoms with Crippen molar-refractivity contribution in [1.82, 2.24) is 0 Å². The van der Waals surface area contributed by atoms with Gasteiger partial charge in [0.05, 0.1) is 15.5 Å². The summed E-state index contributed by atoms with van der Waals surface area (Å²) < 4.78 is 11.1. The molecular weight excluding hydrogens is 455 g/mol. The number of aliphatic imine (C=N–C) groups is 1. The Morgan fingerprint density at radius 2 is 1.88 bits per heavy atom. The Balaban J connectivity index is 1.59. The summed E-state index contributed by atoms with van der Waals surface area (Å²) in [5.74, 6) is -0.151. The van der Waals surface area contributed by atoms with Crippen molar-refractivity contribution >= 4 is 46.8 Å². The molecule has 0 spiro atoms. The lowest BCUT2D eigenvalue weighted by molar-refractivity contribution is -0.384. The first-order chi connectivity index (χ1) is 15.4. The smallest absolute Gasteiger partial charge is 0.363 e. The van der Waals surface area contributed by atoms with E-state index in [1.807, 2.05) is 24.3 Å². The van der Waals surface area contributed by atoms with Gasteiger partial charge >= 0.3 is 5.97 Å². The Morgan fingerprint density at radius 3 is 2.62 bits per heavy atom. The first-order valence-electron chi connectivity index (χ1n) is 9.34. The summed E-state index contributed by atoms with van der Waals surface area (Å²) in [6.45, 7) is 0.290. The average Bonchev–Trinajstić information content (AvgIpc) is 3.13. The number of nitro benzene ring substituents is 1. The van der Waals surface area contributed by atoms with Crippen LogP contribution < -0.4 is 4.74 Å². The Hall–Kier alpha value is -3.68. The molecule has 0 amide bonds. The van der Waals surface area contributed by atoms with Crippen LogP contribution in [0.3, 0.4) is 0 Å². The van der Waals surface area contributed by atoms with E-state index in [2.05, 4.69) is 4.99 Å². The minimum absolute atomic E-state index is 0.0292. The molecule has 0 unspecified atom stereocenters. The maximum absolute atomic E-state index is 12.4. The molecule has 0 saturated heterocycles. The molecule has 1 aliphatic heterocycles. The topological polar surface area (TPSA) is 91.0 Å². The first-order valence-corrected chi connectivity index (χ1v) is 10.1. The van der Waals surface area contributed by atoms with E-state index in [1.165, 1.54) is 18.2 Å². The van der Waals surface area contributed by atoms with Crippen LogP contribution in [0.25, 0.3) is 6.08 Å². The largest absolute Gasteiger partial charge is 0.488 e. The highest BCUT2D eigenvalue weighted by Gasteiger charge is 2.26. The number of nitro groups is 1. The minimum atomic E-state index is -0.668. The Morgan fingerprint density at radius 1 is 1.06 bits per heavy atom. The van der Waals surface area contributed by atoms with Crippen LogP contribution in [0.5, 0.6) is 5.75 Å². The second-order valence-electron chi connectivity index (χ2n) is 6.71. The monoisotopic (exact) mass is 468 g/mol. The van der Waals surface area contributed by atoms with Crippen LogP contribution in [0.15, 0.2) is 77.4 Å². The van der Waals surface area contributed by atoms with Crippen molar-refractivity contribution in [3.63, 3.8) is 0 Å². The lowest BCUT2D eigenvalue weighted by Crippen LogP contribution is -2.06. The van der Waals surface area contributed by atoms with Gasteiger partial charge in [0.25, 0.3) is 5.69 Å². The number of carbonyl (C=O) groups is 1. The maximum Gasteiger partial charge on any atom is 0.363 e. The highest BCUT2D eigenvalue weighted by Crippen LogP contribution is 2.29. The number of benzene rings is 3. The second kappa shape index (κ2) is 9.21. The Kier molecular flexibility index (Phi) is 6.20. The SMILES string of the molecule is O=C1OC(c2ccc([N+](=O)[O-])cc2Cl)=N/C1=C\c1ccccc1OCc1cccc(Cl)c1. The molecule has 0 N–H and O–H groups in total. The molecule has 0 saturated carbocycles. The summed E-state index contributed by atoms with van der Waals surface area (Å²) in [6.07, 6.45) is 1.54. The second-order valence-corrected chi connectivity index (χ2v) is 7.56. The maximum atomic E-state index is 12.4. The van der Waals surface area contributed by atoms with Crippen molar-refractivity contribution in [3.05, 3.63) is 109 Å². The van der Waals surface area contributed by atoms with Gasteiger partial charge in [-0.05, 0) is 35.9 Å². The van der Waals surface area contributed by atoms with E-state index in [-0.39, 0.29) is 34.5 Å². The number of carbonyl (C=O) groups excluding carboxylic acids is 1. The van der Waals surface area contributed by atoms with Gasteiger partial charge in [0.1, 0.15) is 12.4 Å². The Labute approximate surface area is 192 Å². The quantitative estimate of drug-likeness (QED) is 0.196. The molecule has 0 atom stereocenters. The van der Waals surface area contributed by atoms with Gasteiger partial charge in [0.15, 0.2) is 5.70 Å². The van der Waals surface area contributed by atoms with Crippen LogP contribution in [0.1, 0.15) is 16.7 Å². The van der Waals surface area contributed by atoms with Crippen LogP contribution in [0.2, 0.25) is 10.0 Å². The van der Waals surface area contributed by atoms with Gasteiger partial charge in [-0.2, -0.15) is 0 Å². The van der Waals surface area contributed by atoms with E-state index in [0.717, 1.165) is 5.56 Å². The molecule has 160 valence electrons. The molecule has 3 aromatic rings. The zero-order valence-electron chi connectivity index (χ0n) is 16.3. The van der Waals surface area contributed by atoms with Gasteiger partial charge in [-0.15, -0.1) is 0 Å². The number of halogens is 2. The van der Waals surface area contributed by atoms with Crippen LogP contribution in [-0.2, 0) is 16.1 Å². The molecule has 0 aliphatic carbocycles. The lowest BCUT2D eigenvalue weighted by Gasteiger charge is -2.09. The number of rotatable bonds is 6. The van der Waals surface area contributed by atoms with E-state index >= 15 is 0 Å². The van der Waals surface area contributed by atoms with Crippen LogP contribution in [0, 0.1) is 10.1 Å². The zero-order valence-corrected chi connectivity index (χ0v) is 17.8. The summed E-state index contributed by atoms with van der Waals surface area (Å²) in [7, 11) is 0. The van der Waals surface area contributed by atoms with Gasteiger partial charge < -0.3 is 9.47 Å². The van der Waals surface area contributed by atoms with Gasteiger partial charge in [0, 0.05) is 22.7 Å². The molecular formula is C23H14Cl2N2O5. The number of para-hydroxylation sites is 1. The van der Waals surface area contributed by atoms with Crippen LogP contribution in [-0.4, -0.2) is 16.8 Å². The lowest BCUT2D eigenvalue weighted by atomic mass is 10.1. The Bertz CT molecular complexity index is 1290. The zero-order chi connectivity index (χ0) is 22.7. The predicted octanol–water partition coefficient (Wildman–Crippen LogP) is 5.83. The molecule has 4 rings (SSSR count). The first kappa shape index (κ1) is 21.5. The molecule has 32 heavy (non-hydrogen) atoms.